The van der Waals surface area contributed by atoms with E-state index in [2.05, 4.69) is 12.2 Å². The van der Waals surface area contributed by atoms with E-state index in [1.54, 1.807) is 26.4 Å². The van der Waals surface area contributed by atoms with Gasteiger partial charge < -0.3 is 19.7 Å². The molecule has 5 heteroatoms. The Labute approximate surface area is 132 Å². The largest absolute Gasteiger partial charge is 0.493 e. The molecule has 1 saturated heterocycles. The summed E-state index contributed by atoms with van der Waals surface area (Å²) >= 11 is 0. The van der Waals surface area contributed by atoms with Crippen molar-refractivity contribution in [2.24, 2.45) is 5.92 Å². The van der Waals surface area contributed by atoms with Crippen LogP contribution >= 0.6 is 0 Å². The lowest BCUT2D eigenvalue weighted by molar-refractivity contribution is -0.919. The second kappa shape index (κ2) is 7.49. The highest BCUT2D eigenvalue weighted by atomic mass is 16.5. The average molecular weight is 307 g/mol. The number of carbonyl (C=O) groups excluding carboxylic acids is 1. The molecule has 0 radical (unpaired) electrons. The summed E-state index contributed by atoms with van der Waals surface area (Å²) in [6, 6.07) is 5.38. The molecule has 1 aromatic rings. The Kier molecular flexibility index (Phi) is 5.66. The second-order valence-electron chi connectivity index (χ2n) is 6.12. The van der Waals surface area contributed by atoms with Gasteiger partial charge in [0.15, 0.2) is 17.5 Å². The van der Waals surface area contributed by atoms with Crippen molar-refractivity contribution in [3.63, 3.8) is 0 Å². The summed E-state index contributed by atoms with van der Waals surface area (Å²) in [4.78, 5) is 13.8. The van der Waals surface area contributed by atoms with Gasteiger partial charge in [-0.1, -0.05) is 6.92 Å². The Bertz CT molecular complexity index is 511. The number of carbonyl (C=O) groups is 1. The van der Waals surface area contributed by atoms with Crippen molar-refractivity contribution in [1.82, 2.24) is 0 Å². The Morgan fingerprint density at radius 1 is 1.23 bits per heavy atom. The van der Waals surface area contributed by atoms with Crippen LogP contribution in [0.4, 0.5) is 5.69 Å². The number of ether oxygens (including phenoxy) is 2. The molecular formula is C17H27N2O3+. The molecule has 2 rings (SSSR count). The van der Waals surface area contributed by atoms with Crippen LogP contribution in [0.1, 0.15) is 26.7 Å². The number of methoxy groups -OCH3 is 2. The molecule has 1 aliphatic heterocycles. The van der Waals surface area contributed by atoms with E-state index in [-0.39, 0.29) is 11.9 Å². The molecule has 1 atom stereocenters. The highest BCUT2D eigenvalue weighted by Crippen LogP contribution is 2.29. The Morgan fingerprint density at radius 3 is 2.45 bits per heavy atom. The molecule has 1 amide bonds. The highest BCUT2D eigenvalue weighted by molar-refractivity contribution is 5.93. The molecule has 1 fully saturated rings. The maximum absolute atomic E-state index is 12.4. The molecule has 1 aliphatic rings. The van der Waals surface area contributed by atoms with Crippen molar-refractivity contribution >= 4 is 11.6 Å². The monoisotopic (exact) mass is 307 g/mol. The smallest absolute Gasteiger partial charge is 0.282 e. The first-order chi connectivity index (χ1) is 10.5. The zero-order valence-electron chi connectivity index (χ0n) is 13.9. The van der Waals surface area contributed by atoms with Crippen LogP contribution in [0.25, 0.3) is 0 Å². The molecule has 1 heterocycles. The SMILES string of the molecule is COc1ccc(NC(=O)[C@@H](C)[NH+]2CCC(C)CC2)cc1OC. The molecule has 122 valence electrons. The van der Waals surface area contributed by atoms with Crippen LogP contribution in [-0.2, 0) is 4.79 Å². The third kappa shape index (κ3) is 3.91. The molecule has 0 unspecified atom stereocenters. The van der Waals surface area contributed by atoms with Crippen molar-refractivity contribution in [2.75, 3.05) is 32.6 Å². The minimum atomic E-state index is -0.0411. The number of hydrogen-bond acceptors (Lipinski definition) is 3. The zero-order chi connectivity index (χ0) is 16.1. The van der Waals surface area contributed by atoms with Crippen LogP contribution in [0.15, 0.2) is 18.2 Å². The van der Waals surface area contributed by atoms with Gasteiger partial charge in [-0.2, -0.15) is 0 Å². The molecule has 22 heavy (non-hydrogen) atoms. The van der Waals surface area contributed by atoms with Crippen molar-refractivity contribution < 1.29 is 19.2 Å². The molecule has 0 bridgehead atoms. The summed E-state index contributed by atoms with van der Waals surface area (Å²) in [5.74, 6) is 2.11. The van der Waals surface area contributed by atoms with E-state index in [4.69, 9.17) is 9.47 Å². The van der Waals surface area contributed by atoms with Gasteiger partial charge in [0.25, 0.3) is 5.91 Å². The predicted molar refractivity (Wildman–Crippen MR) is 86.7 cm³/mol. The molecular weight excluding hydrogens is 280 g/mol. The number of piperidine rings is 1. The lowest BCUT2D eigenvalue weighted by Crippen LogP contribution is -3.17. The van der Waals surface area contributed by atoms with Crippen LogP contribution in [0, 0.1) is 5.92 Å². The maximum atomic E-state index is 12.4. The van der Waals surface area contributed by atoms with E-state index in [0.29, 0.717) is 11.5 Å². The Hall–Kier alpha value is -1.75. The summed E-state index contributed by atoms with van der Waals surface area (Å²) in [5, 5.41) is 2.98. The van der Waals surface area contributed by atoms with Gasteiger partial charge in [-0.15, -0.1) is 0 Å². The number of likely N-dealkylation sites (tertiary alicyclic amines) is 1. The summed E-state index contributed by atoms with van der Waals surface area (Å²) in [5.41, 5.74) is 0.735. The fourth-order valence-corrected chi connectivity index (χ4v) is 2.92. The van der Waals surface area contributed by atoms with Gasteiger partial charge in [0.2, 0.25) is 0 Å². The first-order valence-corrected chi connectivity index (χ1v) is 7.92. The minimum Gasteiger partial charge on any atom is -0.493 e. The van der Waals surface area contributed by atoms with Crippen molar-refractivity contribution in [3.05, 3.63) is 18.2 Å². The number of anilines is 1. The van der Waals surface area contributed by atoms with E-state index in [0.717, 1.165) is 24.7 Å². The number of amides is 1. The van der Waals surface area contributed by atoms with Gasteiger partial charge in [-0.3, -0.25) is 4.79 Å². The molecule has 1 aromatic carbocycles. The van der Waals surface area contributed by atoms with E-state index in [9.17, 15) is 4.79 Å². The first-order valence-electron chi connectivity index (χ1n) is 7.92. The molecule has 0 saturated carbocycles. The van der Waals surface area contributed by atoms with Gasteiger partial charge in [0.05, 0.1) is 27.3 Å². The lowest BCUT2D eigenvalue weighted by atomic mass is 9.98. The van der Waals surface area contributed by atoms with Gasteiger partial charge in [-0.25, -0.2) is 0 Å². The molecule has 0 spiro atoms. The fraction of sp³-hybridized carbons (Fsp3) is 0.588. The van der Waals surface area contributed by atoms with Gasteiger partial charge >= 0.3 is 0 Å². The van der Waals surface area contributed by atoms with Crippen LogP contribution in [0.3, 0.4) is 0 Å². The molecule has 5 nitrogen and oxygen atoms in total. The third-order valence-corrected chi connectivity index (χ3v) is 4.57. The highest BCUT2D eigenvalue weighted by Gasteiger charge is 2.28. The van der Waals surface area contributed by atoms with E-state index in [1.165, 1.54) is 17.7 Å². The van der Waals surface area contributed by atoms with Gasteiger partial charge in [0, 0.05) is 11.8 Å². The van der Waals surface area contributed by atoms with Crippen molar-refractivity contribution in [2.45, 2.75) is 32.7 Å². The summed E-state index contributed by atoms with van der Waals surface area (Å²) in [6.07, 6.45) is 2.40. The van der Waals surface area contributed by atoms with E-state index >= 15 is 0 Å². The third-order valence-electron chi connectivity index (χ3n) is 4.57. The van der Waals surface area contributed by atoms with Crippen molar-refractivity contribution in [3.8, 4) is 11.5 Å². The maximum Gasteiger partial charge on any atom is 0.282 e. The standard InChI is InChI=1S/C17H26N2O3/c1-12-7-9-19(10-8-12)13(2)17(20)18-14-5-6-15(21-3)16(11-14)22-4/h5-6,11-13H,7-10H2,1-4H3,(H,18,20)/p+1/t13-/m1/s1. The quantitative estimate of drug-likeness (QED) is 0.863. The number of rotatable bonds is 5. The normalized spacial score (nSPS) is 22.7. The van der Waals surface area contributed by atoms with Gasteiger partial charge in [0.1, 0.15) is 0 Å². The predicted octanol–water partition coefficient (Wildman–Crippen LogP) is 1.35. The number of quaternary nitrogens is 1. The molecule has 0 aliphatic carbocycles. The minimum absolute atomic E-state index is 0.0411. The molecule has 0 aromatic heterocycles. The topological polar surface area (TPSA) is 52.0 Å². The Morgan fingerprint density at radius 2 is 1.86 bits per heavy atom. The first kappa shape index (κ1) is 16.6. The fourth-order valence-electron chi connectivity index (χ4n) is 2.92. The zero-order valence-corrected chi connectivity index (χ0v) is 13.9. The van der Waals surface area contributed by atoms with Crippen LogP contribution in [0.2, 0.25) is 0 Å². The number of hydrogen-bond donors (Lipinski definition) is 2. The second-order valence-corrected chi connectivity index (χ2v) is 6.12. The van der Waals surface area contributed by atoms with Crippen molar-refractivity contribution in [1.29, 1.82) is 0 Å². The number of nitrogens with one attached hydrogen (secondary N) is 2. The summed E-state index contributed by atoms with van der Waals surface area (Å²) in [7, 11) is 3.18. The van der Waals surface area contributed by atoms with E-state index in [1.807, 2.05) is 13.0 Å². The lowest BCUT2D eigenvalue weighted by Gasteiger charge is -2.31. The molecule has 2 N–H and O–H groups in total. The Balaban J connectivity index is 1.99. The average Bonchev–Trinajstić information content (AvgIpc) is 2.54. The summed E-state index contributed by atoms with van der Waals surface area (Å²) < 4.78 is 10.5. The van der Waals surface area contributed by atoms with Crippen LogP contribution in [-0.4, -0.2) is 39.3 Å². The van der Waals surface area contributed by atoms with Crippen LogP contribution in [0.5, 0.6) is 11.5 Å². The van der Waals surface area contributed by atoms with E-state index < -0.39 is 0 Å². The van der Waals surface area contributed by atoms with Crippen LogP contribution < -0.4 is 19.7 Å². The number of benzene rings is 1. The van der Waals surface area contributed by atoms with Gasteiger partial charge in [-0.05, 0) is 37.8 Å². The summed E-state index contributed by atoms with van der Waals surface area (Å²) in [6.45, 7) is 6.43.